The molecule has 0 spiro atoms. The molecule has 319 valence electrons. The number of carboxylic acid groups (broad SMARTS) is 5. The summed E-state index contributed by atoms with van der Waals surface area (Å²) < 4.78 is 0. The monoisotopic (exact) mass is 938 g/mol. The Morgan fingerprint density at radius 2 is 0.667 bits per heavy atom. The molecule has 0 aliphatic heterocycles. The number of carbonyl (C=O) groups excluding carboxylic acids is 5. The third-order valence-corrected chi connectivity index (χ3v) is 6.71. The molecule has 6 unspecified atom stereocenters. The van der Waals surface area contributed by atoms with E-state index in [1.54, 1.807) is 14.1 Å². The van der Waals surface area contributed by atoms with E-state index in [2.05, 4.69) is 10.6 Å². The van der Waals surface area contributed by atoms with Crippen molar-refractivity contribution >= 4 is 29.8 Å². The molecule has 26 heteroatoms. The maximum Gasteiger partial charge on any atom is 3.00 e. The fraction of sp³-hybridized carbons (Fsp3) is 0.821. The smallest absolute Gasteiger partial charge is 0.549 e. The van der Waals surface area contributed by atoms with E-state index in [9.17, 15) is 59.7 Å². The minimum atomic E-state index is -1.55. The van der Waals surface area contributed by atoms with Crippen molar-refractivity contribution in [2.45, 2.75) is 48.8 Å². The molecular formula is C28H53GdN5O20-. The van der Waals surface area contributed by atoms with Gasteiger partial charge in [-0.1, -0.05) is 0 Å². The molecule has 0 aromatic heterocycles. The molecule has 0 fully saturated rings. The number of aliphatic carboxylic acids is 5. The normalized spacial score (nSPS) is 15.5. The zero-order chi connectivity index (χ0) is 41.8. The second kappa shape index (κ2) is 34.3. The van der Waals surface area contributed by atoms with Crippen molar-refractivity contribution in [1.82, 2.24) is 25.3 Å². The number of rotatable bonds is 28. The molecule has 0 saturated carbocycles. The summed E-state index contributed by atoms with van der Waals surface area (Å²) in [5, 5.41) is 148. The van der Waals surface area contributed by atoms with Gasteiger partial charge in [0.15, 0.2) is 0 Å². The Kier molecular flexibility index (Phi) is 37.4. The van der Waals surface area contributed by atoms with Crippen molar-refractivity contribution in [3.8, 4) is 0 Å². The number of hydrogen-bond acceptors (Lipinski definition) is 25. The van der Waals surface area contributed by atoms with E-state index in [0.29, 0.717) is 0 Å². The molecule has 8 atom stereocenters. The van der Waals surface area contributed by atoms with Crippen LogP contribution in [0.5, 0.6) is 0 Å². The molecule has 12 N–H and O–H groups in total. The quantitative estimate of drug-likeness (QED) is 0.0346. The Hall–Kier alpha value is -1.93. The van der Waals surface area contributed by atoms with Crippen molar-refractivity contribution < 1.29 is 142 Å². The van der Waals surface area contributed by atoms with E-state index in [1.165, 1.54) is 4.90 Å². The van der Waals surface area contributed by atoms with Crippen molar-refractivity contribution in [1.29, 1.82) is 0 Å². The maximum absolute atomic E-state index is 10.8. The van der Waals surface area contributed by atoms with Gasteiger partial charge in [0.2, 0.25) is 0 Å². The van der Waals surface area contributed by atoms with Gasteiger partial charge >= 0.3 is 41.4 Å². The van der Waals surface area contributed by atoms with Gasteiger partial charge in [0.1, 0.15) is 36.6 Å². The van der Waals surface area contributed by atoms with Crippen LogP contribution in [-0.4, -0.2) is 244 Å². The van der Waals surface area contributed by atoms with Crippen molar-refractivity contribution in [2.75, 3.05) is 99.3 Å². The van der Waals surface area contributed by atoms with Gasteiger partial charge in [0.25, 0.3) is 0 Å². The molecule has 0 aromatic carbocycles. The predicted octanol–water partition coefficient (Wildman–Crippen LogP) is -16.0. The first kappa shape index (κ1) is 58.8. The minimum absolute atomic E-state index is 0. The number of likely N-dealkylation sites (N-methyl/N-ethyl adjacent to an activating group) is 2. The topological polar surface area (TPSA) is 437 Å². The van der Waals surface area contributed by atoms with Crippen LogP contribution >= 0.6 is 0 Å². The number of carboxylic acids is 5. The number of aliphatic hydroxyl groups excluding tert-OH is 10. The fourth-order valence-electron chi connectivity index (χ4n) is 3.96. The van der Waals surface area contributed by atoms with Crippen LogP contribution in [-0.2, 0) is 24.0 Å². The van der Waals surface area contributed by atoms with Crippen LogP contribution in [0.3, 0.4) is 0 Å². The van der Waals surface area contributed by atoms with Crippen LogP contribution in [0.2, 0.25) is 0 Å². The number of aliphatic hydroxyl groups is 10. The number of nitrogens with one attached hydrogen (secondary N) is 2. The number of carbonyl (C=O) groups is 5. The molecule has 1 radical (unpaired) electrons. The van der Waals surface area contributed by atoms with Crippen LogP contribution in [0.1, 0.15) is 1.43 Å². The summed E-state index contributed by atoms with van der Waals surface area (Å²) in [5.41, 5.74) is 0. The average Bonchev–Trinajstić information content (AvgIpc) is 3.06. The molecule has 0 heterocycles. The summed E-state index contributed by atoms with van der Waals surface area (Å²) >= 11 is 0. The van der Waals surface area contributed by atoms with Crippen LogP contribution in [0.4, 0.5) is 0 Å². The minimum Gasteiger partial charge on any atom is -0.549 e. The Labute approximate surface area is 343 Å². The van der Waals surface area contributed by atoms with Crippen molar-refractivity contribution in [3.05, 3.63) is 0 Å². The maximum atomic E-state index is 10.8. The van der Waals surface area contributed by atoms with E-state index in [0.717, 1.165) is 9.80 Å². The third kappa shape index (κ3) is 31.3. The predicted molar refractivity (Wildman–Crippen MR) is 166 cm³/mol. The van der Waals surface area contributed by atoms with Crippen LogP contribution in [0.15, 0.2) is 0 Å². The Bertz CT molecular complexity index is 944. The zero-order valence-corrected chi connectivity index (χ0v) is 31.8. The molecule has 0 bridgehead atoms. The standard InChI is InChI=1S/C14H23N3O10.2C7H17NO5.Gd/c18-10(19)5-15(1-3-16(6-11(20)21)7-12(22)23)2-4-17(8-13(24)25)9-14(26)27;2*1-8-2-4(10)6(12)7(13)5(11)3-9;/h1-9H2,(H,18,19)(H,20,21)(H,22,23)(H,24,25)(H,26,27);2*4-13H,2-3H2,1H3;/q;;;+3/p-4/t;2*4-,5?,6?,7?;/m.00./s1/i/hD. The summed E-state index contributed by atoms with van der Waals surface area (Å²) in [6.45, 7) is -5.30. The van der Waals surface area contributed by atoms with Crippen molar-refractivity contribution in [2.24, 2.45) is 0 Å². The van der Waals surface area contributed by atoms with Gasteiger partial charge in [-0.15, -0.1) is 0 Å². The van der Waals surface area contributed by atoms with Crippen LogP contribution in [0, 0.1) is 39.9 Å². The van der Waals surface area contributed by atoms with Gasteiger partial charge in [-0.25, -0.2) is 0 Å². The first-order valence-electron chi connectivity index (χ1n) is 15.7. The molecule has 0 rings (SSSR count). The summed E-state index contributed by atoms with van der Waals surface area (Å²) in [6.07, 6.45) is -11.3. The van der Waals surface area contributed by atoms with Crippen LogP contribution in [0.25, 0.3) is 0 Å². The Balaban J connectivity index is -0.000000250. The van der Waals surface area contributed by atoms with E-state index in [4.69, 9.17) is 40.9 Å². The summed E-state index contributed by atoms with van der Waals surface area (Å²) in [7, 11) is 3.15. The van der Waals surface area contributed by atoms with Gasteiger partial charge in [0.05, 0.1) is 55.3 Å². The van der Waals surface area contributed by atoms with E-state index in [-0.39, 0.29) is 80.6 Å². The largest absolute Gasteiger partial charge is 3.00 e. The first-order valence-corrected chi connectivity index (χ1v) is 15.7. The Morgan fingerprint density at radius 1 is 0.463 bits per heavy atom. The van der Waals surface area contributed by atoms with Gasteiger partial charge in [-0.3, -0.25) is 14.7 Å². The zero-order valence-electron chi connectivity index (χ0n) is 30.6. The molecule has 0 aromatic rings. The van der Waals surface area contributed by atoms with E-state index in [1.807, 2.05) is 0 Å². The molecule has 54 heavy (non-hydrogen) atoms. The van der Waals surface area contributed by atoms with Crippen molar-refractivity contribution in [3.63, 3.8) is 0 Å². The molecule has 0 saturated heterocycles. The summed E-state index contributed by atoms with van der Waals surface area (Å²) in [4.78, 5) is 56.4. The van der Waals surface area contributed by atoms with Crippen LogP contribution < -0.4 is 36.2 Å². The second-order valence-corrected chi connectivity index (χ2v) is 11.3. The molecule has 0 amide bonds. The first-order chi connectivity index (χ1) is 24.6. The molecule has 0 aliphatic rings. The molecule has 0 aliphatic carbocycles. The SMILES string of the molecule is CNC[C@H](O)C(O)C(O)C(O)CO.CNC[C@H](O)C(O)C(O)C(O)CO.O=C([O-])CN(CCN(CC(=O)[O-])CC(=O)[O-])CCN(CC(=O)[O-])CC(=O)[O-].[2H+].[Gd+3]. The average molecular weight is 938 g/mol. The Morgan fingerprint density at radius 3 is 0.870 bits per heavy atom. The fourth-order valence-corrected chi connectivity index (χ4v) is 3.96. The van der Waals surface area contributed by atoms with Gasteiger partial charge in [-0.2, -0.15) is 0 Å². The summed E-state index contributed by atoms with van der Waals surface area (Å²) in [5.74, 6) is -7.67. The third-order valence-electron chi connectivity index (χ3n) is 6.71. The van der Waals surface area contributed by atoms with Gasteiger partial charge in [0, 0.05) is 72.0 Å². The number of hydrogen-bond donors (Lipinski definition) is 12. The van der Waals surface area contributed by atoms with Gasteiger partial charge in [-0.05, 0) is 14.1 Å². The van der Waals surface area contributed by atoms with Gasteiger partial charge < -0.3 is 111 Å². The molecule has 25 nitrogen and oxygen atoms in total. The molecular weight excluding hydrogens is 884 g/mol. The summed E-state index contributed by atoms with van der Waals surface area (Å²) in [6, 6.07) is 0. The van der Waals surface area contributed by atoms with E-state index < -0.39 is 125 Å². The second-order valence-electron chi connectivity index (χ2n) is 11.3. The number of nitrogens with zero attached hydrogens (tertiary/aromatic N) is 3. The van der Waals surface area contributed by atoms with E-state index >= 15 is 0 Å².